The van der Waals surface area contributed by atoms with E-state index in [0.717, 1.165) is 16.8 Å². The number of hydrogen-bond donors (Lipinski definition) is 2. The number of anilines is 3. The standard InChI is InChI=1S/C24H20ClN7O/c1-15-19(12-16-6-3-2-4-7-16)22(26)32-24(28-15)30-23(31-32)29-20-13-17(25)9-10-21(20)33-18-8-5-11-27-14-18/h2-11,13-14H,12,26H2,1H3,(H,29,31). The largest absolute Gasteiger partial charge is 0.454 e. The minimum atomic E-state index is 0.323. The van der Waals surface area contributed by atoms with Crippen molar-refractivity contribution in [1.29, 1.82) is 0 Å². The summed E-state index contributed by atoms with van der Waals surface area (Å²) in [5.74, 6) is 2.37. The van der Waals surface area contributed by atoms with Gasteiger partial charge in [-0.05, 0) is 42.8 Å². The number of nitrogens with one attached hydrogen (secondary N) is 1. The summed E-state index contributed by atoms with van der Waals surface area (Å²) in [6.45, 7) is 1.92. The maximum atomic E-state index is 6.47. The Kier molecular flexibility index (Phi) is 5.50. The van der Waals surface area contributed by atoms with Crippen LogP contribution in [0.4, 0.5) is 17.5 Å². The van der Waals surface area contributed by atoms with E-state index in [-0.39, 0.29) is 0 Å². The van der Waals surface area contributed by atoms with E-state index < -0.39 is 0 Å². The molecule has 2 aromatic carbocycles. The van der Waals surface area contributed by atoms with Crippen molar-refractivity contribution in [2.24, 2.45) is 0 Å². The van der Waals surface area contributed by atoms with Crippen molar-refractivity contribution >= 4 is 34.8 Å². The van der Waals surface area contributed by atoms with Crippen LogP contribution in [0, 0.1) is 6.92 Å². The molecule has 0 atom stereocenters. The highest BCUT2D eigenvalue weighted by molar-refractivity contribution is 6.31. The highest BCUT2D eigenvalue weighted by Crippen LogP contribution is 2.33. The number of fused-ring (bicyclic) bond motifs is 1. The maximum absolute atomic E-state index is 6.47. The summed E-state index contributed by atoms with van der Waals surface area (Å²) in [6, 6.07) is 19.0. The smallest absolute Gasteiger partial charge is 0.256 e. The molecule has 0 fully saturated rings. The van der Waals surface area contributed by atoms with Crippen molar-refractivity contribution in [2.75, 3.05) is 11.1 Å². The number of rotatable bonds is 6. The second-order valence-corrected chi connectivity index (χ2v) is 7.86. The van der Waals surface area contributed by atoms with Crippen LogP contribution in [0.3, 0.4) is 0 Å². The maximum Gasteiger partial charge on any atom is 0.256 e. The van der Waals surface area contributed by atoms with Gasteiger partial charge < -0.3 is 15.8 Å². The Morgan fingerprint density at radius 3 is 2.70 bits per heavy atom. The summed E-state index contributed by atoms with van der Waals surface area (Å²) < 4.78 is 7.49. The molecule has 5 rings (SSSR count). The first-order chi connectivity index (χ1) is 16.1. The fourth-order valence-electron chi connectivity index (χ4n) is 3.48. The van der Waals surface area contributed by atoms with E-state index in [1.807, 2.05) is 31.2 Å². The Morgan fingerprint density at radius 1 is 1.06 bits per heavy atom. The molecule has 9 heteroatoms. The molecule has 5 aromatic rings. The van der Waals surface area contributed by atoms with E-state index >= 15 is 0 Å². The van der Waals surface area contributed by atoms with Gasteiger partial charge in [-0.1, -0.05) is 41.9 Å². The fourth-order valence-corrected chi connectivity index (χ4v) is 3.66. The number of halogens is 1. The van der Waals surface area contributed by atoms with E-state index in [4.69, 9.17) is 22.1 Å². The summed E-state index contributed by atoms with van der Waals surface area (Å²) in [4.78, 5) is 13.2. The highest BCUT2D eigenvalue weighted by Gasteiger charge is 2.16. The van der Waals surface area contributed by atoms with Gasteiger partial charge in [-0.25, -0.2) is 4.98 Å². The number of nitrogens with two attached hydrogens (primary N) is 1. The quantitative estimate of drug-likeness (QED) is 0.361. The molecule has 3 N–H and O–H groups in total. The van der Waals surface area contributed by atoms with Crippen LogP contribution in [0.5, 0.6) is 11.5 Å². The van der Waals surface area contributed by atoms with Crippen LogP contribution in [0.1, 0.15) is 16.8 Å². The van der Waals surface area contributed by atoms with Crippen molar-refractivity contribution in [1.82, 2.24) is 24.6 Å². The molecular weight excluding hydrogens is 438 g/mol. The highest BCUT2D eigenvalue weighted by atomic mass is 35.5. The molecule has 164 valence electrons. The lowest BCUT2D eigenvalue weighted by atomic mass is 10.0. The second kappa shape index (κ2) is 8.76. The molecule has 3 aromatic heterocycles. The van der Waals surface area contributed by atoms with Gasteiger partial charge in [-0.3, -0.25) is 4.98 Å². The average Bonchev–Trinajstić information content (AvgIpc) is 3.22. The summed E-state index contributed by atoms with van der Waals surface area (Å²) >= 11 is 6.22. The molecule has 33 heavy (non-hydrogen) atoms. The van der Waals surface area contributed by atoms with E-state index in [1.165, 1.54) is 0 Å². The van der Waals surface area contributed by atoms with Gasteiger partial charge in [0.05, 0.1) is 11.9 Å². The number of aromatic nitrogens is 5. The van der Waals surface area contributed by atoms with Gasteiger partial charge in [-0.2, -0.15) is 9.50 Å². The monoisotopic (exact) mass is 457 g/mol. The molecule has 0 bridgehead atoms. The number of hydrogen-bond acceptors (Lipinski definition) is 7. The Morgan fingerprint density at radius 2 is 1.91 bits per heavy atom. The number of benzene rings is 2. The molecule has 8 nitrogen and oxygen atoms in total. The first-order valence-corrected chi connectivity index (χ1v) is 10.6. The molecule has 0 spiro atoms. The molecule has 0 unspecified atom stereocenters. The van der Waals surface area contributed by atoms with Crippen molar-refractivity contribution in [2.45, 2.75) is 13.3 Å². The van der Waals surface area contributed by atoms with Gasteiger partial charge in [0.15, 0.2) is 5.75 Å². The van der Waals surface area contributed by atoms with E-state index in [0.29, 0.717) is 46.2 Å². The van der Waals surface area contributed by atoms with Crippen molar-refractivity contribution in [3.63, 3.8) is 0 Å². The molecule has 0 saturated heterocycles. The zero-order valence-electron chi connectivity index (χ0n) is 17.7. The molecule has 0 amide bonds. The molecule has 0 aliphatic carbocycles. The van der Waals surface area contributed by atoms with Crippen LogP contribution < -0.4 is 15.8 Å². The summed E-state index contributed by atoms with van der Waals surface area (Å²) in [5, 5.41) is 8.24. The number of ether oxygens (including phenoxy) is 1. The van der Waals surface area contributed by atoms with Gasteiger partial charge in [0, 0.05) is 28.9 Å². The van der Waals surface area contributed by atoms with Crippen molar-refractivity contribution < 1.29 is 4.74 Å². The lowest BCUT2D eigenvalue weighted by Gasteiger charge is -2.11. The number of nitrogens with zero attached hydrogens (tertiary/aromatic N) is 5. The first-order valence-electron chi connectivity index (χ1n) is 10.3. The van der Waals surface area contributed by atoms with Crippen LogP contribution in [0.25, 0.3) is 5.78 Å². The third kappa shape index (κ3) is 4.42. The van der Waals surface area contributed by atoms with E-state index in [9.17, 15) is 0 Å². The third-order valence-electron chi connectivity index (χ3n) is 5.11. The van der Waals surface area contributed by atoms with Crippen molar-refractivity contribution in [3.05, 3.63) is 94.9 Å². The number of nitrogen functional groups attached to an aromatic ring is 1. The van der Waals surface area contributed by atoms with E-state index in [1.54, 1.807) is 41.2 Å². The van der Waals surface area contributed by atoms with Crippen LogP contribution >= 0.6 is 11.6 Å². The molecule has 0 saturated carbocycles. The van der Waals surface area contributed by atoms with Gasteiger partial charge in [0.2, 0.25) is 5.95 Å². The predicted molar refractivity (Wildman–Crippen MR) is 128 cm³/mol. The number of aryl methyl sites for hydroxylation is 1. The van der Waals surface area contributed by atoms with Crippen LogP contribution in [0.15, 0.2) is 73.1 Å². The summed E-state index contributed by atoms with van der Waals surface area (Å²) in [7, 11) is 0. The zero-order valence-corrected chi connectivity index (χ0v) is 18.5. The Labute approximate surface area is 195 Å². The van der Waals surface area contributed by atoms with Crippen molar-refractivity contribution in [3.8, 4) is 11.5 Å². The van der Waals surface area contributed by atoms with Crippen LogP contribution in [-0.2, 0) is 6.42 Å². The van der Waals surface area contributed by atoms with Crippen LogP contribution in [-0.4, -0.2) is 24.6 Å². The lowest BCUT2D eigenvalue weighted by Crippen LogP contribution is -2.09. The zero-order chi connectivity index (χ0) is 22.8. The predicted octanol–water partition coefficient (Wildman–Crippen LogP) is 5.19. The van der Waals surface area contributed by atoms with Crippen LogP contribution in [0.2, 0.25) is 5.02 Å². The molecule has 0 aliphatic rings. The molecular formula is C24H20ClN7O. The minimum Gasteiger partial charge on any atom is -0.454 e. The normalized spacial score (nSPS) is 11.0. The number of pyridine rings is 1. The molecule has 0 aliphatic heterocycles. The summed E-state index contributed by atoms with van der Waals surface area (Å²) in [6.07, 6.45) is 3.96. The van der Waals surface area contributed by atoms with Gasteiger partial charge >= 0.3 is 0 Å². The van der Waals surface area contributed by atoms with Gasteiger partial charge in [-0.15, -0.1) is 5.10 Å². The molecule has 0 radical (unpaired) electrons. The average molecular weight is 458 g/mol. The van der Waals surface area contributed by atoms with Gasteiger partial charge in [0.1, 0.15) is 11.6 Å². The Hall–Kier alpha value is -4.17. The molecule has 3 heterocycles. The lowest BCUT2D eigenvalue weighted by molar-refractivity contribution is 0.482. The fraction of sp³-hybridized carbons (Fsp3) is 0.0833. The Balaban J connectivity index is 1.48. The summed E-state index contributed by atoms with van der Waals surface area (Å²) in [5.41, 5.74) is 9.93. The third-order valence-corrected chi connectivity index (χ3v) is 5.34. The first kappa shape index (κ1) is 20.7. The minimum absolute atomic E-state index is 0.323. The Bertz CT molecular complexity index is 1420. The topological polar surface area (TPSA) is 103 Å². The van der Waals surface area contributed by atoms with Gasteiger partial charge in [0.25, 0.3) is 5.78 Å². The second-order valence-electron chi connectivity index (χ2n) is 7.43. The SMILES string of the molecule is Cc1nc2nc(Nc3cc(Cl)ccc3Oc3cccnc3)nn2c(N)c1Cc1ccccc1. The van der Waals surface area contributed by atoms with E-state index in [2.05, 4.69) is 37.5 Å².